The maximum absolute atomic E-state index is 6.13. The van der Waals surface area contributed by atoms with Gasteiger partial charge in [0.15, 0.2) is 0 Å². The largest absolute Gasteiger partial charge is 0.330 e. The fraction of sp³-hybridized carbons (Fsp3) is 1.00. The number of hydrogen-bond acceptors (Lipinski definition) is 2. The molecule has 0 aromatic rings. The van der Waals surface area contributed by atoms with E-state index in [1.165, 1.54) is 70.8 Å². The Kier molecular flexibility index (Phi) is 6.83. The van der Waals surface area contributed by atoms with Crippen molar-refractivity contribution >= 4 is 0 Å². The van der Waals surface area contributed by atoms with Crippen molar-refractivity contribution in [2.75, 3.05) is 13.1 Å². The van der Waals surface area contributed by atoms with Crippen LogP contribution in [0.1, 0.15) is 78.1 Å². The van der Waals surface area contributed by atoms with Crippen molar-refractivity contribution in [3.05, 3.63) is 0 Å². The van der Waals surface area contributed by atoms with Gasteiger partial charge < -0.3 is 5.73 Å². The number of rotatable bonds is 6. The Hall–Kier alpha value is -0.0800. The molecule has 2 atom stereocenters. The Labute approximate surface area is 126 Å². The van der Waals surface area contributed by atoms with Gasteiger partial charge in [-0.1, -0.05) is 46.0 Å². The Morgan fingerprint density at radius 3 is 2.25 bits per heavy atom. The van der Waals surface area contributed by atoms with Crippen LogP contribution < -0.4 is 5.73 Å². The van der Waals surface area contributed by atoms with Crippen LogP contribution in [0.3, 0.4) is 0 Å². The molecule has 2 aliphatic rings. The Morgan fingerprint density at radius 1 is 0.950 bits per heavy atom. The minimum Gasteiger partial charge on any atom is -0.330 e. The first-order valence-corrected chi connectivity index (χ1v) is 9.18. The van der Waals surface area contributed by atoms with E-state index in [0.717, 1.165) is 30.5 Å². The maximum atomic E-state index is 6.13. The van der Waals surface area contributed by atoms with Crippen molar-refractivity contribution in [1.29, 1.82) is 0 Å². The molecule has 0 aromatic heterocycles. The van der Waals surface area contributed by atoms with Gasteiger partial charge in [0.05, 0.1) is 0 Å². The van der Waals surface area contributed by atoms with Crippen LogP contribution in [0.4, 0.5) is 0 Å². The van der Waals surface area contributed by atoms with Crippen LogP contribution in [0.5, 0.6) is 0 Å². The van der Waals surface area contributed by atoms with Crippen LogP contribution >= 0.6 is 0 Å². The van der Waals surface area contributed by atoms with E-state index in [2.05, 4.69) is 18.7 Å². The average molecular weight is 280 g/mol. The van der Waals surface area contributed by atoms with Crippen LogP contribution in [-0.2, 0) is 0 Å². The summed E-state index contributed by atoms with van der Waals surface area (Å²) in [6.07, 6.45) is 14.1. The molecule has 2 N–H and O–H groups in total. The molecule has 0 saturated heterocycles. The van der Waals surface area contributed by atoms with E-state index in [1.54, 1.807) is 0 Å². The van der Waals surface area contributed by atoms with Crippen molar-refractivity contribution in [1.82, 2.24) is 4.90 Å². The number of hydrogen-bond donors (Lipinski definition) is 1. The zero-order chi connectivity index (χ0) is 14.4. The first-order valence-electron chi connectivity index (χ1n) is 9.18. The van der Waals surface area contributed by atoms with Crippen molar-refractivity contribution in [3.8, 4) is 0 Å². The summed E-state index contributed by atoms with van der Waals surface area (Å²) >= 11 is 0. The molecule has 2 fully saturated rings. The molecule has 0 aromatic carbocycles. The average Bonchev–Trinajstić information content (AvgIpc) is 2.85. The van der Waals surface area contributed by atoms with Gasteiger partial charge in [-0.25, -0.2) is 0 Å². The summed E-state index contributed by atoms with van der Waals surface area (Å²) in [5.41, 5.74) is 6.13. The molecule has 2 aliphatic carbocycles. The smallest absolute Gasteiger partial charge is 0.0138 e. The second-order valence-electron chi connectivity index (χ2n) is 7.56. The van der Waals surface area contributed by atoms with Gasteiger partial charge in [-0.05, 0) is 57.0 Å². The highest BCUT2D eigenvalue weighted by molar-refractivity contribution is 4.88. The van der Waals surface area contributed by atoms with Gasteiger partial charge in [0.25, 0.3) is 0 Å². The van der Waals surface area contributed by atoms with Gasteiger partial charge in [0, 0.05) is 12.1 Å². The summed E-state index contributed by atoms with van der Waals surface area (Å²) in [5.74, 6) is 1.58. The molecular formula is C18H36N2. The minimum atomic E-state index is 0.755. The second kappa shape index (κ2) is 8.38. The molecule has 2 rings (SSSR count). The molecule has 2 unspecified atom stereocenters. The number of nitrogens with two attached hydrogens (primary N) is 1. The zero-order valence-electron chi connectivity index (χ0n) is 13.8. The lowest BCUT2D eigenvalue weighted by atomic mass is 9.91. The molecule has 0 amide bonds. The maximum Gasteiger partial charge on any atom is 0.0138 e. The molecule has 0 bridgehead atoms. The molecule has 2 nitrogen and oxygen atoms in total. The van der Waals surface area contributed by atoms with Crippen LogP contribution in [0.2, 0.25) is 0 Å². The number of nitrogens with zero attached hydrogens (tertiary/aromatic N) is 1. The summed E-state index contributed by atoms with van der Waals surface area (Å²) < 4.78 is 0. The third kappa shape index (κ3) is 4.46. The van der Waals surface area contributed by atoms with E-state index in [9.17, 15) is 0 Å². The van der Waals surface area contributed by atoms with Crippen LogP contribution in [0.15, 0.2) is 0 Å². The van der Waals surface area contributed by atoms with Gasteiger partial charge in [0.1, 0.15) is 0 Å². The molecular weight excluding hydrogens is 244 g/mol. The van der Waals surface area contributed by atoms with Gasteiger partial charge in [-0.15, -0.1) is 0 Å². The second-order valence-corrected chi connectivity index (χ2v) is 7.56. The van der Waals surface area contributed by atoms with Crippen LogP contribution in [0, 0.1) is 11.8 Å². The summed E-state index contributed by atoms with van der Waals surface area (Å²) in [5, 5.41) is 0. The molecule has 2 heteroatoms. The SMILES string of the molecule is CC(C)CCN(C1CCCC1)C1CCCCCC1CN. The van der Waals surface area contributed by atoms with Gasteiger partial charge >= 0.3 is 0 Å². The summed E-state index contributed by atoms with van der Waals surface area (Å²) in [4.78, 5) is 2.91. The zero-order valence-corrected chi connectivity index (χ0v) is 13.8. The quantitative estimate of drug-likeness (QED) is 0.739. The van der Waals surface area contributed by atoms with E-state index in [1.807, 2.05) is 0 Å². The Morgan fingerprint density at radius 2 is 1.60 bits per heavy atom. The molecule has 0 spiro atoms. The van der Waals surface area contributed by atoms with Crippen molar-refractivity contribution in [3.63, 3.8) is 0 Å². The summed E-state index contributed by atoms with van der Waals surface area (Å²) in [6, 6.07) is 1.65. The highest BCUT2D eigenvalue weighted by Crippen LogP contribution is 2.33. The minimum absolute atomic E-state index is 0.755. The first-order chi connectivity index (χ1) is 9.72. The molecule has 20 heavy (non-hydrogen) atoms. The molecule has 118 valence electrons. The van der Waals surface area contributed by atoms with Crippen molar-refractivity contribution < 1.29 is 0 Å². The summed E-state index contributed by atoms with van der Waals surface area (Å²) in [6.45, 7) is 6.93. The topological polar surface area (TPSA) is 29.3 Å². The third-order valence-electron chi connectivity index (χ3n) is 5.61. The highest BCUT2D eigenvalue weighted by atomic mass is 15.2. The Bertz CT molecular complexity index is 258. The lowest BCUT2D eigenvalue weighted by Crippen LogP contribution is -2.48. The molecule has 0 heterocycles. The third-order valence-corrected chi connectivity index (χ3v) is 5.61. The van der Waals surface area contributed by atoms with Crippen LogP contribution in [-0.4, -0.2) is 30.1 Å². The first kappa shape index (κ1) is 16.3. The Balaban J connectivity index is 2.05. The van der Waals surface area contributed by atoms with Crippen molar-refractivity contribution in [2.24, 2.45) is 17.6 Å². The van der Waals surface area contributed by atoms with E-state index in [0.29, 0.717) is 0 Å². The fourth-order valence-corrected chi connectivity index (χ4v) is 4.34. The van der Waals surface area contributed by atoms with Gasteiger partial charge in [-0.2, -0.15) is 0 Å². The molecule has 2 saturated carbocycles. The normalized spacial score (nSPS) is 29.2. The van der Waals surface area contributed by atoms with Gasteiger partial charge in [-0.3, -0.25) is 4.90 Å². The fourth-order valence-electron chi connectivity index (χ4n) is 4.34. The predicted octanol–water partition coefficient (Wildman–Crippen LogP) is 4.18. The molecule has 0 aliphatic heterocycles. The monoisotopic (exact) mass is 280 g/mol. The van der Waals surface area contributed by atoms with Crippen LogP contribution in [0.25, 0.3) is 0 Å². The van der Waals surface area contributed by atoms with Crippen molar-refractivity contribution in [2.45, 2.75) is 90.1 Å². The van der Waals surface area contributed by atoms with E-state index in [-0.39, 0.29) is 0 Å². The predicted molar refractivity (Wildman–Crippen MR) is 87.8 cm³/mol. The van der Waals surface area contributed by atoms with E-state index < -0.39 is 0 Å². The lowest BCUT2D eigenvalue weighted by Gasteiger charge is -2.40. The summed E-state index contributed by atoms with van der Waals surface area (Å²) in [7, 11) is 0. The van der Waals surface area contributed by atoms with Gasteiger partial charge in [0.2, 0.25) is 0 Å². The highest BCUT2D eigenvalue weighted by Gasteiger charge is 2.33. The lowest BCUT2D eigenvalue weighted by molar-refractivity contribution is 0.0832. The van der Waals surface area contributed by atoms with E-state index in [4.69, 9.17) is 5.73 Å². The molecule has 0 radical (unpaired) electrons. The standard InChI is InChI=1S/C18H36N2/c1-15(2)12-13-20(17-9-6-7-10-17)18-11-5-3-4-8-16(18)14-19/h15-18H,3-14,19H2,1-2H3. The van der Waals surface area contributed by atoms with E-state index >= 15 is 0 Å².